The van der Waals surface area contributed by atoms with Gasteiger partial charge in [0.1, 0.15) is 12.6 Å². The zero-order chi connectivity index (χ0) is 15.8. The largest absolute Gasteiger partial charge is 0.632 e. The van der Waals surface area contributed by atoms with Crippen LogP contribution in [0.15, 0.2) is 11.6 Å². The first-order valence-corrected chi connectivity index (χ1v) is 7.56. The summed E-state index contributed by atoms with van der Waals surface area (Å²) in [5, 5.41) is 32.4. The Morgan fingerprint density at radius 3 is 2.81 bits per heavy atom. The maximum atomic E-state index is 12.4. The summed E-state index contributed by atoms with van der Waals surface area (Å²) in [6.45, 7) is 5.74. The van der Waals surface area contributed by atoms with E-state index in [4.69, 9.17) is 4.74 Å². The lowest BCUT2D eigenvalue weighted by Crippen LogP contribution is -2.53. The van der Waals surface area contributed by atoms with Crippen LogP contribution in [0.5, 0.6) is 0 Å². The highest BCUT2D eigenvalue weighted by Gasteiger charge is 2.47. The number of fused-ring (bicyclic) bond motifs is 1. The summed E-state index contributed by atoms with van der Waals surface area (Å²) in [5.41, 5.74) is -1.08. The van der Waals surface area contributed by atoms with Gasteiger partial charge in [-0.15, -0.1) is 0 Å². The zero-order valence-electron chi connectivity index (χ0n) is 12.9. The van der Waals surface area contributed by atoms with Crippen LogP contribution < -0.4 is 0 Å². The van der Waals surface area contributed by atoms with Crippen LogP contribution >= 0.6 is 0 Å². The number of esters is 1. The Kier molecular flexibility index (Phi) is 4.44. The molecule has 1 saturated heterocycles. The summed E-state index contributed by atoms with van der Waals surface area (Å²) in [4.78, 5) is 12.1. The average Bonchev–Trinajstić information content (AvgIpc) is 2.91. The first-order valence-electron chi connectivity index (χ1n) is 7.56. The van der Waals surface area contributed by atoms with Gasteiger partial charge in [0, 0.05) is 18.4 Å². The van der Waals surface area contributed by atoms with Gasteiger partial charge in [-0.2, -0.15) is 0 Å². The predicted octanol–water partition coefficient (Wildman–Crippen LogP) is 0.714. The third-order valence-corrected chi connectivity index (χ3v) is 4.89. The Hall–Kier alpha value is -0.950. The highest BCUT2D eigenvalue weighted by Crippen LogP contribution is 2.36. The van der Waals surface area contributed by atoms with Crippen LogP contribution in [0.1, 0.15) is 33.6 Å². The molecule has 2 N–H and O–H groups in total. The minimum absolute atomic E-state index is 0.0213. The number of quaternary nitrogens is 1. The lowest BCUT2D eigenvalue weighted by atomic mass is 9.85. The van der Waals surface area contributed by atoms with Crippen LogP contribution in [0.3, 0.4) is 0 Å². The lowest BCUT2D eigenvalue weighted by molar-refractivity contribution is -0.875. The number of hydroxylamine groups is 3. The molecule has 0 aromatic carbocycles. The van der Waals surface area contributed by atoms with Crippen molar-refractivity contribution >= 4 is 5.97 Å². The van der Waals surface area contributed by atoms with E-state index in [2.05, 4.69) is 0 Å². The lowest BCUT2D eigenvalue weighted by Gasteiger charge is -2.40. The molecule has 0 saturated carbocycles. The Morgan fingerprint density at radius 2 is 2.24 bits per heavy atom. The van der Waals surface area contributed by atoms with E-state index in [9.17, 15) is 20.2 Å². The molecule has 0 aromatic rings. The Bertz CT molecular complexity index is 437. The van der Waals surface area contributed by atoms with Crippen molar-refractivity contribution in [2.75, 3.05) is 19.7 Å². The van der Waals surface area contributed by atoms with Crippen molar-refractivity contribution in [1.29, 1.82) is 0 Å². The van der Waals surface area contributed by atoms with Gasteiger partial charge in [0.15, 0.2) is 5.60 Å². The average molecular weight is 299 g/mol. The molecule has 6 heteroatoms. The first kappa shape index (κ1) is 16.4. The van der Waals surface area contributed by atoms with Crippen molar-refractivity contribution in [2.24, 2.45) is 5.92 Å². The van der Waals surface area contributed by atoms with E-state index in [1.54, 1.807) is 13.8 Å². The summed E-state index contributed by atoms with van der Waals surface area (Å²) in [6, 6.07) is -0.114. The van der Waals surface area contributed by atoms with Crippen LogP contribution in [-0.2, 0) is 9.53 Å². The summed E-state index contributed by atoms with van der Waals surface area (Å²) < 4.78 is 4.96. The molecule has 0 amide bonds. The molecule has 0 spiro atoms. The van der Waals surface area contributed by atoms with Crippen molar-refractivity contribution in [1.82, 2.24) is 0 Å². The quantitative estimate of drug-likeness (QED) is 0.338. The topological polar surface area (TPSA) is 89.8 Å². The Balaban J connectivity index is 1.99. The molecule has 0 aromatic heterocycles. The predicted molar refractivity (Wildman–Crippen MR) is 76.9 cm³/mol. The van der Waals surface area contributed by atoms with E-state index in [0.717, 1.165) is 18.4 Å². The van der Waals surface area contributed by atoms with Crippen molar-refractivity contribution in [2.45, 2.75) is 51.4 Å². The zero-order valence-corrected chi connectivity index (χ0v) is 12.9. The van der Waals surface area contributed by atoms with Crippen LogP contribution in [0.4, 0.5) is 0 Å². The molecule has 120 valence electrons. The van der Waals surface area contributed by atoms with E-state index < -0.39 is 23.6 Å². The third kappa shape index (κ3) is 2.73. The van der Waals surface area contributed by atoms with Crippen LogP contribution in [0.25, 0.3) is 0 Å². The number of carbonyl (C=O) groups excluding carboxylic acids is 1. The molecular weight excluding hydrogens is 274 g/mol. The molecule has 2 rings (SSSR count). The molecule has 2 aliphatic heterocycles. The van der Waals surface area contributed by atoms with Crippen LogP contribution in [-0.4, -0.2) is 58.3 Å². The summed E-state index contributed by atoms with van der Waals surface area (Å²) in [7, 11) is 0. The van der Waals surface area contributed by atoms with Gasteiger partial charge in [-0.1, -0.05) is 13.8 Å². The molecule has 2 aliphatic rings. The van der Waals surface area contributed by atoms with E-state index in [-0.39, 0.29) is 17.3 Å². The standard InChI is InChI=1S/C15H25NO5/c1-10(2)15(19,11(3)17)14(18)21-9-12-6-8-16(20)7-4-5-13(12)16/h6,10-11,13,17,19H,4-5,7-9H2,1-3H3/t11-,13-,15-,16?/m0/s1. The number of hydrogen-bond donors (Lipinski definition) is 2. The molecule has 1 fully saturated rings. The number of aliphatic hydroxyl groups excluding tert-OH is 1. The highest BCUT2D eigenvalue weighted by molar-refractivity contribution is 5.80. The van der Waals surface area contributed by atoms with E-state index in [1.807, 2.05) is 6.08 Å². The first-order chi connectivity index (χ1) is 9.71. The Morgan fingerprint density at radius 1 is 1.57 bits per heavy atom. The molecule has 4 atom stereocenters. The normalized spacial score (nSPS) is 32.5. The number of rotatable bonds is 5. The summed E-state index contributed by atoms with van der Waals surface area (Å²) >= 11 is 0. The van der Waals surface area contributed by atoms with Gasteiger partial charge in [-0.3, -0.25) is 0 Å². The van der Waals surface area contributed by atoms with Gasteiger partial charge in [-0.05, 0) is 18.9 Å². The van der Waals surface area contributed by atoms with Gasteiger partial charge in [0.2, 0.25) is 0 Å². The van der Waals surface area contributed by atoms with Crippen LogP contribution in [0.2, 0.25) is 0 Å². The highest BCUT2D eigenvalue weighted by atomic mass is 16.6. The molecule has 1 unspecified atom stereocenters. The van der Waals surface area contributed by atoms with Gasteiger partial charge in [0.05, 0.1) is 19.2 Å². The summed E-state index contributed by atoms with van der Waals surface area (Å²) in [5.74, 6) is -1.30. The molecule has 2 heterocycles. The monoisotopic (exact) mass is 299 g/mol. The molecule has 0 bridgehead atoms. The fourth-order valence-electron chi connectivity index (χ4n) is 3.37. The second kappa shape index (κ2) is 5.68. The fourth-order valence-corrected chi connectivity index (χ4v) is 3.37. The minimum Gasteiger partial charge on any atom is -0.632 e. The van der Waals surface area contributed by atoms with E-state index in [0.29, 0.717) is 13.1 Å². The Labute approximate surface area is 125 Å². The summed E-state index contributed by atoms with van der Waals surface area (Å²) in [6.07, 6.45) is 2.34. The van der Waals surface area contributed by atoms with E-state index >= 15 is 0 Å². The molecular formula is C15H25NO5. The molecule has 6 nitrogen and oxygen atoms in total. The number of aliphatic hydroxyl groups is 2. The van der Waals surface area contributed by atoms with Crippen LogP contribution in [0, 0.1) is 11.1 Å². The number of nitrogens with zero attached hydrogens (tertiary/aromatic N) is 1. The van der Waals surface area contributed by atoms with Gasteiger partial charge in [0.25, 0.3) is 0 Å². The maximum Gasteiger partial charge on any atom is 0.341 e. The second-order valence-corrected chi connectivity index (χ2v) is 6.53. The fraction of sp³-hybridized carbons (Fsp3) is 0.800. The SMILES string of the molecule is CC(C)[C@@](O)(C(=O)OCC1=CC[N+]2([O-])CCC[C@@H]12)[C@H](C)O. The van der Waals surface area contributed by atoms with Gasteiger partial charge < -0.3 is 24.8 Å². The van der Waals surface area contributed by atoms with Gasteiger partial charge >= 0.3 is 5.97 Å². The third-order valence-electron chi connectivity index (χ3n) is 4.89. The van der Waals surface area contributed by atoms with E-state index in [1.165, 1.54) is 6.92 Å². The number of hydrogen-bond acceptors (Lipinski definition) is 5. The molecule has 0 aliphatic carbocycles. The smallest absolute Gasteiger partial charge is 0.341 e. The van der Waals surface area contributed by atoms with Crippen molar-refractivity contribution in [3.63, 3.8) is 0 Å². The number of ether oxygens (including phenoxy) is 1. The minimum atomic E-state index is -1.92. The van der Waals surface area contributed by atoms with Crippen molar-refractivity contribution in [3.05, 3.63) is 16.9 Å². The van der Waals surface area contributed by atoms with Gasteiger partial charge in [-0.25, -0.2) is 4.79 Å². The maximum absolute atomic E-state index is 12.4. The molecule has 0 radical (unpaired) electrons. The number of carbonyl (C=O) groups is 1. The second-order valence-electron chi connectivity index (χ2n) is 6.53. The van der Waals surface area contributed by atoms with Crippen molar-refractivity contribution in [3.8, 4) is 0 Å². The van der Waals surface area contributed by atoms with Crippen molar-refractivity contribution < 1.29 is 24.4 Å². The molecule has 21 heavy (non-hydrogen) atoms.